The SMILES string of the molecule is CC1CCC(NC(C)c2cc3c(s2)CCCC3)C1. The average molecular weight is 263 g/mol. The van der Waals surface area contributed by atoms with Gasteiger partial charge in [-0.25, -0.2) is 0 Å². The Bertz CT molecular complexity index is 386. The molecule has 0 saturated heterocycles. The van der Waals surface area contributed by atoms with Gasteiger partial charge in [0.15, 0.2) is 0 Å². The van der Waals surface area contributed by atoms with Gasteiger partial charge in [-0.05, 0) is 69.4 Å². The van der Waals surface area contributed by atoms with Crippen LogP contribution in [0.3, 0.4) is 0 Å². The molecule has 0 aliphatic heterocycles. The standard InChI is InChI=1S/C16H25NS/c1-11-7-8-14(9-11)17-12(2)16-10-13-5-3-4-6-15(13)18-16/h10-12,14,17H,3-9H2,1-2H3. The molecule has 1 heterocycles. The van der Waals surface area contributed by atoms with Crippen LogP contribution in [0.4, 0.5) is 0 Å². The first-order valence-electron chi connectivity index (χ1n) is 7.60. The molecule has 1 N–H and O–H groups in total. The van der Waals surface area contributed by atoms with E-state index in [4.69, 9.17) is 0 Å². The molecule has 3 unspecified atom stereocenters. The molecule has 1 saturated carbocycles. The minimum atomic E-state index is 0.552. The molecule has 2 aliphatic carbocycles. The van der Waals surface area contributed by atoms with Crippen molar-refractivity contribution in [2.45, 2.75) is 70.9 Å². The maximum Gasteiger partial charge on any atom is 0.0388 e. The molecule has 18 heavy (non-hydrogen) atoms. The van der Waals surface area contributed by atoms with E-state index in [0.717, 1.165) is 12.0 Å². The minimum absolute atomic E-state index is 0.552. The maximum atomic E-state index is 3.85. The van der Waals surface area contributed by atoms with Crippen LogP contribution in [0.15, 0.2) is 6.07 Å². The van der Waals surface area contributed by atoms with E-state index in [1.807, 2.05) is 0 Å². The second-order valence-electron chi connectivity index (χ2n) is 6.31. The summed E-state index contributed by atoms with van der Waals surface area (Å²) in [6, 6.07) is 3.79. The third-order valence-corrected chi connectivity index (χ3v) is 6.04. The van der Waals surface area contributed by atoms with Crippen molar-refractivity contribution in [1.82, 2.24) is 5.32 Å². The molecule has 0 amide bonds. The zero-order chi connectivity index (χ0) is 12.5. The molecule has 3 rings (SSSR count). The van der Waals surface area contributed by atoms with Crippen molar-refractivity contribution in [2.75, 3.05) is 0 Å². The normalized spacial score (nSPS) is 29.2. The highest BCUT2D eigenvalue weighted by atomic mass is 32.1. The Kier molecular flexibility index (Phi) is 3.76. The summed E-state index contributed by atoms with van der Waals surface area (Å²) in [6.07, 6.45) is 9.59. The van der Waals surface area contributed by atoms with Gasteiger partial charge in [-0.15, -0.1) is 11.3 Å². The number of rotatable bonds is 3. The molecule has 0 spiro atoms. The quantitative estimate of drug-likeness (QED) is 0.848. The van der Waals surface area contributed by atoms with Crippen LogP contribution in [-0.4, -0.2) is 6.04 Å². The Balaban J connectivity index is 1.64. The van der Waals surface area contributed by atoms with Crippen molar-refractivity contribution in [2.24, 2.45) is 5.92 Å². The molecule has 0 aromatic carbocycles. The molecular weight excluding hydrogens is 238 g/mol. The first kappa shape index (κ1) is 12.7. The van der Waals surface area contributed by atoms with Crippen LogP contribution in [0.2, 0.25) is 0 Å². The predicted octanol–water partition coefficient (Wildman–Crippen LogP) is 4.47. The van der Waals surface area contributed by atoms with Gasteiger partial charge in [-0.2, -0.15) is 0 Å². The molecule has 1 nitrogen and oxygen atoms in total. The van der Waals surface area contributed by atoms with E-state index < -0.39 is 0 Å². The Hall–Kier alpha value is -0.340. The molecular formula is C16H25NS. The second-order valence-corrected chi connectivity index (χ2v) is 7.48. The summed E-state index contributed by atoms with van der Waals surface area (Å²) in [5.74, 6) is 0.922. The first-order valence-corrected chi connectivity index (χ1v) is 8.41. The lowest BCUT2D eigenvalue weighted by atomic mass is 9.99. The van der Waals surface area contributed by atoms with E-state index >= 15 is 0 Å². The van der Waals surface area contributed by atoms with Crippen LogP contribution in [0.1, 0.15) is 67.3 Å². The summed E-state index contributed by atoms with van der Waals surface area (Å²) in [4.78, 5) is 3.24. The molecule has 3 atom stereocenters. The molecule has 1 fully saturated rings. The third kappa shape index (κ3) is 2.65. The number of nitrogens with one attached hydrogen (secondary N) is 1. The van der Waals surface area contributed by atoms with E-state index in [1.54, 1.807) is 15.3 Å². The van der Waals surface area contributed by atoms with Crippen LogP contribution >= 0.6 is 11.3 Å². The molecule has 100 valence electrons. The largest absolute Gasteiger partial charge is 0.307 e. The molecule has 2 heteroatoms. The number of hydrogen-bond acceptors (Lipinski definition) is 2. The second kappa shape index (κ2) is 5.34. The van der Waals surface area contributed by atoms with Gasteiger partial charge in [0, 0.05) is 21.8 Å². The van der Waals surface area contributed by atoms with Gasteiger partial charge in [-0.1, -0.05) is 6.92 Å². The van der Waals surface area contributed by atoms with Gasteiger partial charge in [0.1, 0.15) is 0 Å². The van der Waals surface area contributed by atoms with Crippen molar-refractivity contribution in [3.63, 3.8) is 0 Å². The van der Waals surface area contributed by atoms with Crippen molar-refractivity contribution in [1.29, 1.82) is 0 Å². The van der Waals surface area contributed by atoms with Gasteiger partial charge in [-0.3, -0.25) is 0 Å². The highest BCUT2D eigenvalue weighted by molar-refractivity contribution is 7.12. The summed E-state index contributed by atoms with van der Waals surface area (Å²) < 4.78 is 0. The molecule has 2 aliphatic rings. The zero-order valence-electron chi connectivity index (χ0n) is 11.7. The van der Waals surface area contributed by atoms with E-state index in [0.29, 0.717) is 6.04 Å². The van der Waals surface area contributed by atoms with E-state index in [2.05, 4.69) is 36.6 Å². The van der Waals surface area contributed by atoms with Gasteiger partial charge >= 0.3 is 0 Å². The Morgan fingerprint density at radius 3 is 2.83 bits per heavy atom. The van der Waals surface area contributed by atoms with Crippen molar-refractivity contribution >= 4 is 11.3 Å². The predicted molar refractivity (Wildman–Crippen MR) is 79.3 cm³/mol. The zero-order valence-corrected chi connectivity index (χ0v) is 12.5. The maximum absolute atomic E-state index is 3.85. The monoisotopic (exact) mass is 263 g/mol. The fourth-order valence-electron chi connectivity index (χ4n) is 3.52. The van der Waals surface area contributed by atoms with Crippen LogP contribution in [-0.2, 0) is 12.8 Å². The van der Waals surface area contributed by atoms with Crippen LogP contribution in [0.25, 0.3) is 0 Å². The number of thiophene rings is 1. The van der Waals surface area contributed by atoms with Gasteiger partial charge in [0.2, 0.25) is 0 Å². The van der Waals surface area contributed by atoms with Gasteiger partial charge in [0.25, 0.3) is 0 Å². The lowest BCUT2D eigenvalue weighted by Crippen LogP contribution is -2.28. The van der Waals surface area contributed by atoms with Crippen LogP contribution < -0.4 is 5.32 Å². The molecule has 0 radical (unpaired) electrons. The van der Waals surface area contributed by atoms with Crippen molar-refractivity contribution in [3.05, 3.63) is 21.4 Å². The Morgan fingerprint density at radius 2 is 2.11 bits per heavy atom. The summed E-state index contributed by atoms with van der Waals surface area (Å²) >= 11 is 2.07. The highest BCUT2D eigenvalue weighted by Gasteiger charge is 2.24. The fraction of sp³-hybridized carbons (Fsp3) is 0.750. The minimum Gasteiger partial charge on any atom is -0.307 e. The molecule has 0 bridgehead atoms. The van der Waals surface area contributed by atoms with E-state index in [1.165, 1.54) is 44.9 Å². The summed E-state index contributed by atoms with van der Waals surface area (Å²) in [5, 5.41) is 3.85. The van der Waals surface area contributed by atoms with Gasteiger partial charge < -0.3 is 5.32 Å². The van der Waals surface area contributed by atoms with Crippen LogP contribution in [0, 0.1) is 5.92 Å². The van der Waals surface area contributed by atoms with E-state index in [-0.39, 0.29) is 0 Å². The topological polar surface area (TPSA) is 12.0 Å². The third-order valence-electron chi connectivity index (χ3n) is 4.62. The lowest BCUT2D eigenvalue weighted by Gasteiger charge is -2.18. The Labute approximate surface area is 115 Å². The number of fused-ring (bicyclic) bond motifs is 1. The smallest absolute Gasteiger partial charge is 0.0388 e. The molecule has 1 aromatic rings. The van der Waals surface area contributed by atoms with Crippen molar-refractivity contribution < 1.29 is 0 Å². The highest BCUT2D eigenvalue weighted by Crippen LogP contribution is 2.34. The summed E-state index contributed by atoms with van der Waals surface area (Å²) in [7, 11) is 0. The van der Waals surface area contributed by atoms with Crippen LogP contribution in [0.5, 0.6) is 0 Å². The number of hydrogen-bond donors (Lipinski definition) is 1. The number of aryl methyl sites for hydroxylation is 2. The summed E-state index contributed by atoms with van der Waals surface area (Å²) in [5.41, 5.74) is 1.65. The fourth-order valence-corrected chi connectivity index (χ4v) is 4.79. The molecule has 1 aromatic heterocycles. The Morgan fingerprint density at radius 1 is 1.28 bits per heavy atom. The van der Waals surface area contributed by atoms with Gasteiger partial charge in [0.05, 0.1) is 0 Å². The van der Waals surface area contributed by atoms with Crippen molar-refractivity contribution in [3.8, 4) is 0 Å². The lowest BCUT2D eigenvalue weighted by molar-refractivity contribution is 0.453. The van der Waals surface area contributed by atoms with E-state index in [9.17, 15) is 0 Å². The average Bonchev–Trinajstić information content (AvgIpc) is 2.95. The summed E-state index contributed by atoms with van der Waals surface area (Å²) in [6.45, 7) is 4.73. The first-order chi connectivity index (χ1) is 8.72.